The molecular formula is C14H19N5O3S. The third kappa shape index (κ3) is 4.30. The van der Waals surface area contributed by atoms with Crippen molar-refractivity contribution in [2.45, 2.75) is 31.8 Å². The van der Waals surface area contributed by atoms with E-state index >= 15 is 0 Å². The summed E-state index contributed by atoms with van der Waals surface area (Å²) < 4.78 is 29.8. The molecule has 1 aromatic heterocycles. The van der Waals surface area contributed by atoms with Gasteiger partial charge in [-0.15, -0.1) is 4.83 Å². The van der Waals surface area contributed by atoms with Gasteiger partial charge in [-0.05, 0) is 32.9 Å². The highest BCUT2D eigenvalue weighted by molar-refractivity contribution is 7.89. The van der Waals surface area contributed by atoms with Crippen molar-refractivity contribution in [2.24, 2.45) is 0 Å². The van der Waals surface area contributed by atoms with Gasteiger partial charge in [0, 0.05) is 0 Å². The van der Waals surface area contributed by atoms with Crippen molar-refractivity contribution < 1.29 is 13.2 Å². The molecule has 0 unspecified atom stereocenters. The maximum atomic E-state index is 12.2. The molecule has 0 aliphatic heterocycles. The minimum Gasteiger partial charge on any atom is -0.473 e. The SMILES string of the molecule is Cc1ccc(S(=O)(=O)NNc2ncnc(OC(C)C)c2N)cc1. The lowest BCUT2D eigenvalue weighted by molar-refractivity contribution is 0.234. The van der Waals surface area contributed by atoms with Crippen molar-refractivity contribution in [3.63, 3.8) is 0 Å². The minimum absolute atomic E-state index is 0.117. The van der Waals surface area contributed by atoms with Crippen molar-refractivity contribution in [3.8, 4) is 5.88 Å². The lowest BCUT2D eigenvalue weighted by Gasteiger charge is -2.14. The highest BCUT2D eigenvalue weighted by Gasteiger charge is 2.16. The van der Waals surface area contributed by atoms with Crippen LogP contribution in [0.5, 0.6) is 5.88 Å². The maximum Gasteiger partial charge on any atom is 0.257 e. The van der Waals surface area contributed by atoms with Crippen LogP contribution in [0, 0.1) is 6.92 Å². The Kier molecular flexibility index (Phi) is 5.02. The highest BCUT2D eigenvalue weighted by atomic mass is 32.2. The van der Waals surface area contributed by atoms with E-state index < -0.39 is 10.0 Å². The Morgan fingerprint density at radius 2 is 1.83 bits per heavy atom. The first-order valence-electron chi connectivity index (χ1n) is 6.91. The van der Waals surface area contributed by atoms with E-state index in [1.807, 2.05) is 20.8 Å². The minimum atomic E-state index is -3.75. The van der Waals surface area contributed by atoms with Crippen molar-refractivity contribution >= 4 is 21.5 Å². The van der Waals surface area contributed by atoms with Gasteiger partial charge in [-0.25, -0.2) is 13.4 Å². The number of hydrogen-bond acceptors (Lipinski definition) is 7. The number of benzene rings is 1. The van der Waals surface area contributed by atoms with E-state index in [0.29, 0.717) is 0 Å². The molecule has 124 valence electrons. The Hall–Kier alpha value is -2.39. The standard InChI is InChI=1S/C14H19N5O3S/c1-9(2)22-14-12(15)13(16-8-17-14)18-19-23(20,21)11-6-4-10(3)5-7-11/h4-9,19H,15H2,1-3H3,(H,16,17,18). The average Bonchev–Trinajstić information content (AvgIpc) is 2.48. The van der Waals surface area contributed by atoms with E-state index in [9.17, 15) is 8.42 Å². The van der Waals surface area contributed by atoms with E-state index in [1.165, 1.54) is 18.5 Å². The number of nitrogens with one attached hydrogen (secondary N) is 2. The van der Waals surface area contributed by atoms with Gasteiger partial charge in [0.15, 0.2) is 5.82 Å². The summed E-state index contributed by atoms with van der Waals surface area (Å²) in [5, 5.41) is 0. The molecule has 1 aromatic carbocycles. The summed E-state index contributed by atoms with van der Waals surface area (Å²) in [6.45, 7) is 5.53. The van der Waals surface area contributed by atoms with E-state index in [2.05, 4.69) is 20.2 Å². The molecule has 2 aromatic rings. The fraction of sp³-hybridized carbons (Fsp3) is 0.286. The Bertz CT molecular complexity index is 775. The van der Waals surface area contributed by atoms with Gasteiger partial charge in [-0.2, -0.15) is 4.98 Å². The molecule has 0 bridgehead atoms. The first-order chi connectivity index (χ1) is 10.8. The number of hydrogen-bond donors (Lipinski definition) is 3. The number of hydrazine groups is 1. The summed E-state index contributed by atoms with van der Waals surface area (Å²) in [5.41, 5.74) is 9.44. The van der Waals surface area contributed by atoms with Crippen LogP contribution in [0.3, 0.4) is 0 Å². The maximum absolute atomic E-state index is 12.2. The predicted octanol–water partition coefficient (Wildman–Crippen LogP) is 1.46. The molecule has 0 amide bonds. The van der Waals surface area contributed by atoms with Crippen molar-refractivity contribution in [2.75, 3.05) is 11.2 Å². The second-order valence-electron chi connectivity index (χ2n) is 5.15. The zero-order chi connectivity index (χ0) is 17.0. The Balaban J connectivity index is 2.15. The van der Waals surface area contributed by atoms with Gasteiger partial charge in [0.2, 0.25) is 5.88 Å². The molecule has 0 saturated heterocycles. The van der Waals surface area contributed by atoms with Crippen LogP contribution in [-0.4, -0.2) is 24.5 Å². The fourth-order valence-electron chi connectivity index (χ4n) is 1.69. The van der Waals surface area contributed by atoms with Crippen LogP contribution in [0.4, 0.5) is 11.5 Å². The van der Waals surface area contributed by atoms with Gasteiger partial charge in [-0.3, -0.25) is 5.43 Å². The Morgan fingerprint density at radius 1 is 1.17 bits per heavy atom. The molecule has 0 atom stereocenters. The molecule has 9 heteroatoms. The van der Waals surface area contributed by atoms with E-state index in [0.717, 1.165) is 5.56 Å². The van der Waals surface area contributed by atoms with Crippen LogP contribution < -0.4 is 20.7 Å². The van der Waals surface area contributed by atoms with Crippen molar-refractivity contribution in [1.29, 1.82) is 0 Å². The third-order valence-corrected chi connectivity index (χ3v) is 4.09. The fourth-order valence-corrected chi connectivity index (χ4v) is 2.53. The van der Waals surface area contributed by atoms with Crippen LogP contribution in [-0.2, 0) is 10.0 Å². The number of nitrogens with two attached hydrogens (primary N) is 1. The topological polar surface area (TPSA) is 119 Å². The monoisotopic (exact) mass is 337 g/mol. The molecule has 0 aliphatic carbocycles. The van der Waals surface area contributed by atoms with Crippen LogP contribution in [0.1, 0.15) is 19.4 Å². The second-order valence-corrected chi connectivity index (χ2v) is 6.83. The van der Waals surface area contributed by atoms with Gasteiger partial charge >= 0.3 is 0 Å². The highest BCUT2D eigenvalue weighted by Crippen LogP contribution is 2.25. The van der Waals surface area contributed by atoms with Crippen LogP contribution in [0.2, 0.25) is 0 Å². The number of aromatic nitrogens is 2. The first kappa shape index (κ1) is 17.0. The molecule has 0 saturated carbocycles. The van der Waals surface area contributed by atoms with Crippen molar-refractivity contribution in [1.82, 2.24) is 14.8 Å². The molecule has 0 spiro atoms. The van der Waals surface area contributed by atoms with Gasteiger partial charge in [0.25, 0.3) is 10.0 Å². The molecule has 23 heavy (non-hydrogen) atoms. The van der Waals surface area contributed by atoms with Crippen LogP contribution in [0.25, 0.3) is 0 Å². The largest absolute Gasteiger partial charge is 0.473 e. The number of aryl methyl sites for hydroxylation is 1. The number of sulfonamides is 1. The van der Waals surface area contributed by atoms with E-state index in [1.54, 1.807) is 12.1 Å². The normalized spacial score (nSPS) is 11.5. The number of anilines is 2. The summed E-state index contributed by atoms with van der Waals surface area (Å²) in [4.78, 5) is 10.2. The van der Waals surface area contributed by atoms with Crippen molar-refractivity contribution in [3.05, 3.63) is 36.2 Å². The van der Waals surface area contributed by atoms with Crippen LogP contribution >= 0.6 is 0 Å². The van der Waals surface area contributed by atoms with Crippen LogP contribution in [0.15, 0.2) is 35.5 Å². The summed E-state index contributed by atoms with van der Waals surface area (Å²) in [6, 6.07) is 6.44. The van der Waals surface area contributed by atoms with Gasteiger partial charge in [0.05, 0.1) is 11.0 Å². The number of nitrogens with zero attached hydrogens (tertiary/aromatic N) is 2. The first-order valence-corrected chi connectivity index (χ1v) is 8.39. The molecule has 8 nitrogen and oxygen atoms in total. The summed E-state index contributed by atoms with van der Waals surface area (Å²) in [7, 11) is -3.75. The number of ether oxygens (including phenoxy) is 1. The Morgan fingerprint density at radius 3 is 2.43 bits per heavy atom. The summed E-state index contributed by atoms with van der Waals surface area (Å²) in [6.07, 6.45) is 1.11. The molecule has 0 aliphatic rings. The molecule has 1 heterocycles. The third-order valence-electron chi connectivity index (χ3n) is 2.83. The quantitative estimate of drug-likeness (QED) is 0.683. The van der Waals surface area contributed by atoms with Gasteiger partial charge in [-0.1, -0.05) is 17.7 Å². The van der Waals surface area contributed by atoms with E-state index in [-0.39, 0.29) is 28.4 Å². The summed E-state index contributed by atoms with van der Waals surface area (Å²) in [5.74, 6) is 0.304. The number of rotatable bonds is 6. The van der Waals surface area contributed by atoms with E-state index in [4.69, 9.17) is 10.5 Å². The molecule has 2 rings (SSSR count). The smallest absolute Gasteiger partial charge is 0.257 e. The predicted molar refractivity (Wildman–Crippen MR) is 87.3 cm³/mol. The molecular weight excluding hydrogens is 318 g/mol. The zero-order valence-electron chi connectivity index (χ0n) is 13.1. The molecule has 0 radical (unpaired) electrons. The van der Waals surface area contributed by atoms with Gasteiger partial charge < -0.3 is 10.5 Å². The second kappa shape index (κ2) is 6.80. The average molecular weight is 337 g/mol. The molecule has 4 N–H and O–H groups in total. The lowest BCUT2D eigenvalue weighted by Crippen LogP contribution is -2.30. The number of nitrogen functional groups attached to an aromatic ring is 1. The Labute approximate surface area is 135 Å². The van der Waals surface area contributed by atoms with Gasteiger partial charge in [0.1, 0.15) is 12.0 Å². The summed E-state index contributed by atoms with van der Waals surface area (Å²) >= 11 is 0. The lowest BCUT2D eigenvalue weighted by atomic mass is 10.2. The zero-order valence-corrected chi connectivity index (χ0v) is 13.9. The molecule has 0 fully saturated rings.